The Bertz CT molecular complexity index is 445. The minimum atomic E-state index is -0.576. The standard InChI is InChI=1S/C12H14BrNO2/c1-12(14(2)3)7-16-10-5-4-8(13)6-9(10)11(12)15/h4-6H,7H2,1-3H3/t12-/m0/s1. The highest BCUT2D eigenvalue weighted by molar-refractivity contribution is 9.10. The van der Waals surface area contributed by atoms with Crippen molar-refractivity contribution in [3.8, 4) is 5.75 Å². The quantitative estimate of drug-likeness (QED) is 0.792. The maximum Gasteiger partial charge on any atom is 0.190 e. The minimum absolute atomic E-state index is 0.111. The molecule has 0 saturated heterocycles. The van der Waals surface area contributed by atoms with E-state index in [1.807, 2.05) is 44.1 Å². The summed E-state index contributed by atoms with van der Waals surface area (Å²) < 4.78 is 6.54. The van der Waals surface area contributed by atoms with Crippen molar-refractivity contribution in [3.05, 3.63) is 28.2 Å². The number of carbonyl (C=O) groups excluding carboxylic acids is 1. The Balaban J connectivity index is 2.50. The van der Waals surface area contributed by atoms with Gasteiger partial charge in [0.25, 0.3) is 0 Å². The summed E-state index contributed by atoms with van der Waals surface area (Å²) in [7, 11) is 3.79. The van der Waals surface area contributed by atoms with Gasteiger partial charge in [0.1, 0.15) is 17.9 Å². The minimum Gasteiger partial charge on any atom is -0.490 e. The van der Waals surface area contributed by atoms with Gasteiger partial charge in [-0.1, -0.05) is 15.9 Å². The van der Waals surface area contributed by atoms with E-state index in [2.05, 4.69) is 15.9 Å². The summed E-state index contributed by atoms with van der Waals surface area (Å²) in [5.41, 5.74) is 0.0742. The van der Waals surface area contributed by atoms with Crippen molar-refractivity contribution in [3.63, 3.8) is 0 Å². The molecular weight excluding hydrogens is 270 g/mol. The van der Waals surface area contributed by atoms with Gasteiger partial charge >= 0.3 is 0 Å². The number of ketones is 1. The molecule has 0 radical (unpaired) electrons. The van der Waals surface area contributed by atoms with Crippen molar-refractivity contribution in [2.45, 2.75) is 12.5 Å². The molecule has 0 fully saturated rings. The summed E-state index contributed by atoms with van der Waals surface area (Å²) in [6.45, 7) is 2.30. The second-order valence-electron chi connectivity index (χ2n) is 4.43. The number of likely N-dealkylation sites (N-methyl/N-ethyl adjacent to an activating group) is 1. The molecule has 4 heteroatoms. The third-order valence-electron chi connectivity index (χ3n) is 3.17. The number of fused-ring (bicyclic) bond motifs is 1. The van der Waals surface area contributed by atoms with Crippen LogP contribution in [0.15, 0.2) is 22.7 Å². The molecule has 0 spiro atoms. The smallest absolute Gasteiger partial charge is 0.190 e. The van der Waals surface area contributed by atoms with Crippen molar-refractivity contribution in [1.82, 2.24) is 4.90 Å². The number of nitrogens with zero attached hydrogens (tertiary/aromatic N) is 1. The van der Waals surface area contributed by atoms with E-state index in [1.165, 1.54) is 0 Å². The van der Waals surface area contributed by atoms with E-state index in [-0.39, 0.29) is 5.78 Å². The summed E-state index contributed by atoms with van der Waals surface area (Å²) in [5.74, 6) is 0.785. The lowest BCUT2D eigenvalue weighted by atomic mass is 9.88. The molecule has 1 aliphatic rings. The largest absolute Gasteiger partial charge is 0.490 e. The van der Waals surface area contributed by atoms with Crippen molar-refractivity contribution in [2.75, 3.05) is 20.7 Å². The fraction of sp³-hybridized carbons (Fsp3) is 0.417. The van der Waals surface area contributed by atoms with Crippen molar-refractivity contribution in [2.24, 2.45) is 0 Å². The number of hydrogen-bond acceptors (Lipinski definition) is 3. The lowest BCUT2D eigenvalue weighted by molar-refractivity contribution is 0.0504. The van der Waals surface area contributed by atoms with Gasteiger partial charge in [0.2, 0.25) is 0 Å². The molecule has 16 heavy (non-hydrogen) atoms. The van der Waals surface area contributed by atoms with E-state index in [4.69, 9.17) is 4.74 Å². The molecule has 0 bridgehead atoms. The molecule has 86 valence electrons. The van der Waals surface area contributed by atoms with Crippen molar-refractivity contribution in [1.29, 1.82) is 0 Å². The molecule has 0 saturated carbocycles. The predicted molar refractivity (Wildman–Crippen MR) is 66.1 cm³/mol. The van der Waals surface area contributed by atoms with Crippen LogP contribution in [0, 0.1) is 0 Å². The summed E-state index contributed by atoms with van der Waals surface area (Å²) in [4.78, 5) is 14.3. The third-order valence-corrected chi connectivity index (χ3v) is 3.66. The Morgan fingerprint density at radius 3 is 2.75 bits per heavy atom. The second kappa shape index (κ2) is 3.86. The van der Waals surface area contributed by atoms with Gasteiger partial charge in [0.05, 0.1) is 5.56 Å². The van der Waals surface area contributed by atoms with Gasteiger partial charge in [-0.2, -0.15) is 0 Å². The fourth-order valence-corrected chi connectivity index (χ4v) is 2.07. The molecule has 0 amide bonds. The zero-order valence-electron chi connectivity index (χ0n) is 9.58. The maximum absolute atomic E-state index is 12.4. The summed E-state index contributed by atoms with van der Waals surface area (Å²) in [6.07, 6.45) is 0. The Labute approximate surface area is 104 Å². The van der Waals surface area contributed by atoms with E-state index in [0.717, 1.165) is 4.47 Å². The van der Waals surface area contributed by atoms with Crippen LogP contribution in [0.3, 0.4) is 0 Å². The molecule has 3 nitrogen and oxygen atoms in total. The Kier molecular flexibility index (Phi) is 2.80. The number of ether oxygens (including phenoxy) is 1. The van der Waals surface area contributed by atoms with Gasteiger partial charge in [-0.05, 0) is 39.2 Å². The average molecular weight is 284 g/mol. The lowest BCUT2D eigenvalue weighted by Gasteiger charge is -2.38. The van der Waals surface area contributed by atoms with E-state index in [1.54, 1.807) is 0 Å². The van der Waals surface area contributed by atoms with Crippen LogP contribution in [0.25, 0.3) is 0 Å². The number of Topliss-reactive ketones (excluding diaryl/α,β-unsaturated/α-hetero) is 1. The van der Waals surface area contributed by atoms with Crippen LogP contribution in [0.1, 0.15) is 17.3 Å². The van der Waals surface area contributed by atoms with Crippen molar-refractivity contribution >= 4 is 21.7 Å². The number of benzene rings is 1. The number of carbonyl (C=O) groups is 1. The average Bonchev–Trinajstić information content (AvgIpc) is 2.24. The number of hydrogen-bond donors (Lipinski definition) is 0. The van der Waals surface area contributed by atoms with Gasteiger partial charge in [-0.15, -0.1) is 0 Å². The molecule has 0 aliphatic carbocycles. The predicted octanol–water partition coefficient (Wildman–Crippen LogP) is 2.34. The number of halogens is 1. The van der Waals surface area contributed by atoms with Gasteiger partial charge in [0, 0.05) is 4.47 Å². The Hall–Kier alpha value is -0.870. The topological polar surface area (TPSA) is 29.5 Å². The Morgan fingerprint density at radius 2 is 2.12 bits per heavy atom. The Morgan fingerprint density at radius 1 is 1.44 bits per heavy atom. The zero-order valence-corrected chi connectivity index (χ0v) is 11.2. The zero-order chi connectivity index (χ0) is 11.9. The van der Waals surface area contributed by atoms with Crippen LogP contribution in [0.4, 0.5) is 0 Å². The highest BCUT2D eigenvalue weighted by atomic mass is 79.9. The fourth-order valence-electron chi connectivity index (χ4n) is 1.71. The van der Waals surface area contributed by atoms with E-state index < -0.39 is 5.54 Å². The van der Waals surface area contributed by atoms with Gasteiger partial charge in [0.15, 0.2) is 5.78 Å². The highest BCUT2D eigenvalue weighted by Gasteiger charge is 2.41. The molecule has 1 atom stereocenters. The van der Waals surface area contributed by atoms with Crippen LogP contribution >= 0.6 is 15.9 Å². The molecule has 1 aromatic rings. The van der Waals surface area contributed by atoms with E-state index in [0.29, 0.717) is 17.9 Å². The third kappa shape index (κ3) is 1.66. The van der Waals surface area contributed by atoms with E-state index >= 15 is 0 Å². The van der Waals surface area contributed by atoms with Gasteiger partial charge in [-0.3, -0.25) is 9.69 Å². The van der Waals surface area contributed by atoms with E-state index in [9.17, 15) is 4.79 Å². The molecule has 1 heterocycles. The first-order valence-corrected chi connectivity index (χ1v) is 5.89. The SMILES string of the molecule is CN(C)[C@@]1(C)COc2ccc(Br)cc2C1=O. The van der Waals surface area contributed by atoms with Crippen LogP contribution in [0.5, 0.6) is 5.75 Å². The molecule has 1 aliphatic heterocycles. The first kappa shape index (κ1) is 11.6. The van der Waals surface area contributed by atoms with Gasteiger partial charge in [-0.25, -0.2) is 0 Å². The first-order valence-electron chi connectivity index (χ1n) is 5.10. The van der Waals surface area contributed by atoms with Crippen LogP contribution in [-0.2, 0) is 0 Å². The van der Waals surface area contributed by atoms with Crippen LogP contribution < -0.4 is 4.74 Å². The first-order chi connectivity index (χ1) is 7.45. The molecule has 0 aromatic heterocycles. The second-order valence-corrected chi connectivity index (χ2v) is 5.34. The normalized spacial score (nSPS) is 24.2. The molecule has 0 N–H and O–H groups in total. The summed E-state index contributed by atoms with van der Waals surface area (Å²) in [5, 5.41) is 0. The van der Waals surface area contributed by atoms with Crippen LogP contribution in [-0.4, -0.2) is 36.9 Å². The maximum atomic E-state index is 12.4. The van der Waals surface area contributed by atoms with Crippen LogP contribution in [0.2, 0.25) is 0 Å². The lowest BCUT2D eigenvalue weighted by Crippen LogP contribution is -2.55. The summed E-state index contributed by atoms with van der Waals surface area (Å²) in [6, 6.07) is 5.52. The van der Waals surface area contributed by atoms with Crippen molar-refractivity contribution < 1.29 is 9.53 Å². The molecule has 2 rings (SSSR count). The van der Waals surface area contributed by atoms with Gasteiger partial charge < -0.3 is 4.74 Å². The monoisotopic (exact) mass is 283 g/mol. The molecule has 0 unspecified atom stereocenters. The molecular formula is C12H14BrNO2. The molecule has 1 aromatic carbocycles. The number of rotatable bonds is 1. The summed E-state index contributed by atoms with van der Waals surface area (Å²) >= 11 is 3.37. The highest BCUT2D eigenvalue weighted by Crippen LogP contribution is 2.33.